The van der Waals surface area contributed by atoms with Gasteiger partial charge in [-0.2, -0.15) is 0 Å². The van der Waals surface area contributed by atoms with Gasteiger partial charge in [-0.25, -0.2) is 0 Å². The number of esters is 1. The molecule has 3 N–H and O–H groups in total. The van der Waals surface area contributed by atoms with E-state index in [2.05, 4.69) is 55.6 Å². The number of amides is 1. The van der Waals surface area contributed by atoms with Crippen LogP contribution in [-0.2, 0) is 14.3 Å². The van der Waals surface area contributed by atoms with Crippen LogP contribution in [0.5, 0.6) is 0 Å². The van der Waals surface area contributed by atoms with Gasteiger partial charge in [-0.3, -0.25) is 9.59 Å². The molecule has 0 fully saturated rings. The number of carbonyl (C=O) groups excluding carboxylic acids is 2. The van der Waals surface area contributed by atoms with Crippen molar-refractivity contribution in [3.63, 3.8) is 0 Å². The molecule has 0 radical (unpaired) electrons. The highest BCUT2D eigenvalue weighted by Gasteiger charge is 2.20. The van der Waals surface area contributed by atoms with Crippen LogP contribution in [0.3, 0.4) is 0 Å². The van der Waals surface area contributed by atoms with E-state index in [9.17, 15) is 19.8 Å². The monoisotopic (exact) mass is 1220 g/mol. The molecule has 6 heteroatoms. The average Bonchev–Trinajstić information content (AvgIpc) is 3.56. The van der Waals surface area contributed by atoms with Gasteiger partial charge in [0.2, 0.25) is 5.91 Å². The molecule has 514 valence electrons. The van der Waals surface area contributed by atoms with Crippen molar-refractivity contribution in [2.24, 2.45) is 0 Å². The Kier molecular flexibility index (Phi) is 74.8. The SMILES string of the molecule is CCCCCCCCC/C=C\CCCCCCCCCC(=O)OCCCCCCCCCCC/C=C\C/C=C\CCCCCCCCCCCCCCCCCCCC(=O)NC(CO)C(O)CCCCCCCCCCCCCCCCCCCCC. The van der Waals surface area contributed by atoms with Gasteiger partial charge in [0.15, 0.2) is 0 Å². The quantitative estimate of drug-likeness (QED) is 0.0320. The Morgan fingerprint density at radius 3 is 0.885 bits per heavy atom. The Morgan fingerprint density at radius 1 is 0.322 bits per heavy atom. The van der Waals surface area contributed by atoms with Crippen LogP contribution in [0.15, 0.2) is 36.5 Å². The molecule has 0 aromatic carbocycles. The third-order valence-corrected chi connectivity index (χ3v) is 18.7. The van der Waals surface area contributed by atoms with Crippen LogP contribution < -0.4 is 5.32 Å². The number of hydrogen-bond acceptors (Lipinski definition) is 5. The number of rotatable bonds is 75. The fourth-order valence-electron chi connectivity index (χ4n) is 12.6. The van der Waals surface area contributed by atoms with Crippen LogP contribution in [0.4, 0.5) is 0 Å². The summed E-state index contributed by atoms with van der Waals surface area (Å²) >= 11 is 0. The molecular formula is C81H155NO5. The van der Waals surface area contributed by atoms with E-state index in [4.69, 9.17) is 4.74 Å². The molecule has 0 rings (SSSR count). The highest BCUT2D eigenvalue weighted by molar-refractivity contribution is 5.76. The van der Waals surface area contributed by atoms with Gasteiger partial charge in [0, 0.05) is 12.8 Å². The largest absolute Gasteiger partial charge is 0.466 e. The van der Waals surface area contributed by atoms with Gasteiger partial charge < -0.3 is 20.3 Å². The first kappa shape index (κ1) is 85.1. The Balaban J connectivity index is 3.37. The van der Waals surface area contributed by atoms with Crippen molar-refractivity contribution >= 4 is 11.9 Å². The molecule has 2 atom stereocenters. The number of ether oxygens (including phenoxy) is 1. The molecular weight excluding hydrogens is 1070 g/mol. The van der Waals surface area contributed by atoms with Gasteiger partial charge in [-0.05, 0) is 83.5 Å². The van der Waals surface area contributed by atoms with Gasteiger partial charge in [0.25, 0.3) is 0 Å². The smallest absolute Gasteiger partial charge is 0.305 e. The fraction of sp³-hybridized carbons (Fsp3) is 0.901. The van der Waals surface area contributed by atoms with Crippen LogP contribution in [0.25, 0.3) is 0 Å². The predicted molar refractivity (Wildman–Crippen MR) is 384 cm³/mol. The standard InChI is InChI=1S/C81H155NO5/c1-3-5-7-9-11-13-15-17-19-21-38-41-45-49-53-57-61-65-69-73-79(84)78(77-83)82-80(85)74-70-66-62-58-54-50-46-42-39-36-34-32-30-28-26-24-23-25-27-29-31-33-35-37-40-44-48-52-56-60-64-68-72-76-87-81(86)75-71-67-63-59-55-51-47-43-22-20-18-16-14-12-10-8-6-4-2/h20,22,27,29,33,35,78-79,83-84H,3-19,21,23-26,28,30-32,34,36-77H2,1-2H3,(H,82,85)/b22-20-,29-27-,35-33-. The summed E-state index contributed by atoms with van der Waals surface area (Å²) < 4.78 is 5.51. The summed E-state index contributed by atoms with van der Waals surface area (Å²) in [7, 11) is 0. The molecule has 0 spiro atoms. The molecule has 0 heterocycles. The van der Waals surface area contributed by atoms with Crippen molar-refractivity contribution < 1.29 is 24.5 Å². The highest BCUT2D eigenvalue weighted by atomic mass is 16.5. The second-order valence-electron chi connectivity index (χ2n) is 27.4. The van der Waals surface area contributed by atoms with Crippen molar-refractivity contribution in [1.82, 2.24) is 5.32 Å². The molecule has 0 saturated heterocycles. The number of carbonyl (C=O) groups is 2. The van der Waals surface area contributed by atoms with E-state index >= 15 is 0 Å². The molecule has 87 heavy (non-hydrogen) atoms. The Labute approximate surface area is 544 Å². The van der Waals surface area contributed by atoms with Crippen LogP contribution in [-0.4, -0.2) is 47.4 Å². The maximum atomic E-state index is 12.6. The van der Waals surface area contributed by atoms with Gasteiger partial charge in [0.05, 0.1) is 25.4 Å². The zero-order valence-corrected chi connectivity index (χ0v) is 59.0. The Morgan fingerprint density at radius 2 is 0.575 bits per heavy atom. The first-order valence-electron chi connectivity index (χ1n) is 39.7. The molecule has 0 aliphatic carbocycles. The zero-order chi connectivity index (χ0) is 62.8. The number of unbranched alkanes of at least 4 members (excludes halogenated alkanes) is 58. The van der Waals surface area contributed by atoms with E-state index in [1.807, 2.05) is 0 Å². The lowest BCUT2D eigenvalue weighted by Gasteiger charge is -2.22. The average molecular weight is 1220 g/mol. The van der Waals surface area contributed by atoms with E-state index in [0.29, 0.717) is 25.9 Å². The topological polar surface area (TPSA) is 95.9 Å². The molecule has 0 aromatic heterocycles. The second kappa shape index (κ2) is 76.5. The van der Waals surface area contributed by atoms with E-state index in [1.54, 1.807) is 0 Å². The first-order chi connectivity index (χ1) is 43.0. The third kappa shape index (κ3) is 73.0. The third-order valence-electron chi connectivity index (χ3n) is 18.7. The van der Waals surface area contributed by atoms with E-state index in [0.717, 1.165) is 51.4 Å². The van der Waals surface area contributed by atoms with Gasteiger partial charge >= 0.3 is 5.97 Å². The molecule has 0 aliphatic heterocycles. The number of hydrogen-bond donors (Lipinski definition) is 3. The summed E-state index contributed by atoms with van der Waals surface area (Å²) in [6.45, 7) is 4.99. The van der Waals surface area contributed by atoms with Crippen LogP contribution in [0, 0.1) is 0 Å². The predicted octanol–water partition coefficient (Wildman–Crippen LogP) is 26.2. The molecule has 0 aromatic rings. The first-order valence-corrected chi connectivity index (χ1v) is 39.7. The van der Waals surface area contributed by atoms with Crippen molar-refractivity contribution in [2.75, 3.05) is 13.2 Å². The normalized spacial score (nSPS) is 12.6. The lowest BCUT2D eigenvalue weighted by Crippen LogP contribution is -2.45. The lowest BCUT2D eigenvalue weighted by atomic mass is 10.0. The second-order valence-corrected chi connectivity index (χ2v) is 27.4. The summed E-state index contributed by atoms with van der Waals surface area (Å²) in [5.74, 6) is -0.0166. The van der Waals surface area contributed by atoms with Crippen molar-refractivity contribution in [2.45, 2.75) is 456 Å². The minimum atomic E-state index is -0.664. The molecule has 0 saturated carbocycles. The van der Waals surface area contributed by atoms with Crippen LogP contribution >= 0.6 is 0 Å². The summed E-state index contributed by atoms with van der Waals surface area (Å²) in [6, 6.07) is -0.541. The molecule has 2 unspecified atom stereocenters. The maximum Gasteiger partial charge on any atom is 0.305 e. The van der Waals surface area contributed by atoms with Gasteiger partial charge in [-0.15, -0.1) is 0 Å². The number of allylic oxidation sites excluding steroid dienone is 6. The van der Waals surface area contributed by atoms with Gasteiger partial charge in [-0.1, -0.05) is 384 Å². The molecule has 1 amide bonds. The van der Waals surface area contributed by atoms with Crippen molar-refractivity contribution in [3.8, 4) is 0 Å². The zero-order valence-electron chi connectivity index (χ0n) is 59.0. The van der Waals surface area contributed by atoms with Gasteiger partial charge in [0.1, 0.15) is 0 Å². The molecule has 0 bridgehead atoms. The lowest BCUT2D eigenvalue weighted by molar-refractivity contribution is -0.143. The fourth-order valence-corrected chi connectivity index (χ4v) is 12.6. The number of aliphatic hydroxyl groups is 2. The Hall–Kier alpha value is -1.92. The summed E-state index contributed by atoms with van der Waals surface area (Å²) in [5.41, 5.74) is 0. The Bertz CT molecular complexity index is 1410. The summed E-state index contributed by atoms with van der Waals surface area (Å²) in [5, 5.41) is 23.4. The minimum absolute atomic E-state index is 0.0121. The van der Waals surface area contributed by atoms with Crippen LogP contribution in [0.1, 0.15) is 444 Å². The highest BCUT2D eigenvalue weighted by Crippen LogP contribution is 2.20. The molecule has 6 nitrogen and oxygen atoms in total. The van der Waals surface area contributed by atoms with Crippen molar-refractivity contribution in [1.29, 1.82) is 0 Å². The maximum absolute atomic E-state index is 12.6. The number of nitrogens with one attached hydrogen (secondary N) is 1. The van der Waals surface area contributed by atoms with E-state index in [-0.39, 0.29) is 18.5 Å². The number of aliphatic hydroxyl groups excluding tert-OH is 2. The molecule has 0 aliphatic rings. The van der Waals surface area contributed by atoms with Crippen LogP contribution in [0.2, 0.25) is 0 Å². The minimum Gasteiger partial charge on any atom is -0.466 e. The summed E-state index contributed by atoms with van der Waals surface area (Å²) in [6.07, 6.45) is 99.5. The van der Waals surface area contributed by atoms with E-state index < -0.39 is 12.1 Å². The summed E-state index contributed by atoms with van der Waals surface area (Å²) in [4.78, 5) is 24.7. The van der Waals surface area contributed by atoms with Crippen molar-refractivity contribution in [3.05, 3.63) is 36.5 Å². The van der Waals surface area contributed by atoms with E-state index in [1.165, 1.54) is 360 Å².